The summed E-state index contributed by atoms with van der Waals surface area (Å²) >= 11 is 0. The van der Waals surface area contributed by atoms with Crippen LogP contribution in [0.2, 0.25) is 0 Å². The number of aromatic nitrogens is 3. The van der Waals surface area contributed by atoms with Crippen LogP contribution in [0.25, 0.3) is 0 Å². The maximum atomic E-state index is 13.0. The summed E-state index contributed by atoms with van der Waals surface area (Å²) in [5.74, 6) is 0.939. The Hall–Kier alpha value is -2.74. The van der Waals surface area contributed by atoms with Crippen molar-refractivity contribution < 1.29 is 9.59 Å². The summed E-state index contributed by atoms with van der Waals surface area (Å²) in [4.78, 5) is 31.0. The first kappa shape index (κ1) is 17.7. The second-order valence-corrected chi connectivity index (χ2v) is 7.15. The number of likely N-dealkylation sites (N-methyl/N-ethyl adjacent to an activating group) is 1. The molecule has 2 aliphatic rings. The van der Waals surface area contributed by atoms with Crippen molar-refractivity contribution >= 4 is 11.8 Å². The first-order chi connectivity index (χ1) is 13.1. The molecule has 0 bridgehead atoms. The number of nitrogens with zero attached hydrogens (tertiary/aromatic N) is 6. The normalized spacial score (nSPS) is 20.4. The molecule has 0 N–H and O–H groups in total. The third-order valence-electron chi connectivity index (χ3n) is 5.40. The van der Waals surface area contributed by atoms with Gasteiger partial charge in [-0.15, -0.1) is 10.2 Å². The Bertz CT molecular complexity index is 841. The summed E-state index contributed by atoms with van der Waals surface area (Å²) in [6.45, 7) is 5.73. The zero-order chi connectivity index (χ0) is 19.0. The highest BCUT2D eigenvalue weighted by atomic mass is 16.2. The van der Waals surface area contributed by atoms with Gasteiger partial charge in [0, 0.05) is 46.2 Å². The first-order valence-corrected chi connectivity index (χ1v) is 9.29. The van der Waals surface area contributed by atoms with E-state index in [-0.39, 0.29) is 17.9 Å². The summed E-state index contributed by atoms with van der Waals surface area (Å²) in [5, 5.41) is 8.57. The molecule has 1 atom stereocenters. The molecule has 27 heavy (non-hydrogen) atoms. The van der Waals surface area contributed by atoms with Crippen LogP contribution in [0.3, 0.4) is 0 Å². The Kier molecular flexibility index (Phi) is 4.65. The van der Waals surface area contributed by atoms with Crippen molar-refractivity contribution in [1.29, 1.82) is 0 Å². The van der Waals surface area contributed by atoms with E-state index < -0.39 is 0 Å². The highest BCUT2D eigenvalue weighted by molar-refractivity contribution is 5.91. The van der Waals surface area contributed by atoms with Gasteiger partial charge in [-0.3, -0.25) is 9.59 Å². The smallest absolute Gasteiger partial charge is 0.291 e. The van der Waals surface area contributed by atoms with Crippen molar-refractivity contribution in [2.75, 3.05) is 39.8 Å². The minimum absolute atomic E-state index is 0.00922. The Balaban J connectivity index is 1.68. The van der Waals surface area contributed by atoms with Crippen LogP contribution in [0, 0.1) is 0 Å². The topological polar surface area (TPSA) is 74.6 Å². The molecule has 0 saturated carbocycles. The van der Waals surface area contributed by atoms with E-state index >= 15 is 0 Å². The Morgan fingerprint density at radius 3 is 2.33 bits per heavy atom. The molecule has 0 aliphatic carbocycles. The lowest BCUT2D eigenvalue weighted by molar-refractivity contribution is -0.131. The minimum atomic E-state index is -0.320. The number of carbonyl (C=O) groups is 2. The van der Waals surface area contributed by atoms with E-state index in [4.69, 9.17) is 0 Å². The van der Waals surface area contributed by atoms with Gasteiger partial charge in [0.2, 0.25) is 11.7 Å². The van der Waals surface area contributed by atoms with Crippen LogP contribution >= 0.6 is 0 Å². The fraction of sp³-hybridized carbons (Fsp3) is 0.474. The number of piperazine rings is 1. The van der Waals surface area contributed by atoms with Crippen LogP contribution in [0.4, 0.5) is 0 Å². The van der Waals surface area contributed by atoms with Crippen molar-refractivity contribution in [3.8, 4) is 0 Å². The van der Waals surface area contributed by atoms with Crippen molar-refractivity contribution in [3.63, 3.8) is 0 Å². The Labute approximate surface area is 158 Å². The number of amides is 2. The van der Waals surface area contributed by atoms with Gasteiger partial charge in [-0.2, -0.15) is 0 Å². The van der Waals surface area contributed by atoms with E-state index in [1.54, 1.807) is 11.8 Å². The molecule has 1 saturated heterocycles. The number of carbonyl (C=O) groups excluding carboxylic acids is 2. The average Bonchev–Trinajstić information content (AvgIpc) is 3.12. The van der Waals surface area contributed by atoms with Crippen molar-refractivity contribution in [1.82, 2.24) is 29.5 Å². The lowest BCUT2D eigenvalue weighted by atomic mass is 10.0. The van der Waals surface area contributed by atoms with Crippen LogP contribution in [-0.4, -0.2) is 81.1 Å². The number of fused-ring (bicyclic) bond motifs is 1. The van der Waals surface area contributed by atoms with E-state index in [0.29, 0.717) is 37.8 Å². The van der Waals surface area contributed by atoms with Gasteiger partial charge in [-0.25, -0.2) is 0 Å². The standard InChI is InChI=1S/C19H24N6O2/c1-14(26)24-12-13-25-17(16(24)15-6-4-3-5-7-15)20-21-18(25)19(27)23-10-8-22(2)9-11-23/h3-7,16H,8-13H2,1-2H3/t16-/m0/s1. The van der Waals surface area contributed by atoms with Gasteiger partial charge in [-0.05, 0) is 12.6 Å². The molecule has 4 rings (SSSR count). The number of hydrogen-bond acceptors (Lipinski definition) is 5. The molecule has 0 radical (unpaired) electrons. The predicted molar refractivity (Wildman–Crippen MR) is 99.1 cm³/mol. The van der Waals surface area contributed by atoms with E-state index in [2.05, 4.69) is 22.1 Å². The monoisotopic (exact) mass is 368 g/mol. The van der Waals surface area contributed by atoms with Crippen LogP contribution in [0.1, 0.15) is 35.0 Å². The molecule has 2 aromatic rings. The van der Waals surface area contributed by atoms with Gasteiger partial charge < -0.3 is 19.3 Å². The molecule has 0 spiro atoms. The third kappa shape index (κ3) is 3.21. The van der Waals surface area contributed by atoms with Gasteiger partial charge >= 0.3 is 0 Å². The zero-order valence-electron chi connectivity index (χ0n) is 15.7. The van der Waals surface area contributed by atoms with E-state index in [9.17, 15) is 9.59 Å². The Morgan fingerprint density at radius 1 is 0.963 bits per heavy atom. The van der Waals surface area contributed by atoms with Crippen LogP contribution in [0.5, 0.6) is 0 Å². The van der Waals surface area contributed by atoms with Gasteiger partial charge in [0.25, 0.3) is 5.91 Å². The van der Waals surface area contributed by atoms with E-state index in [0.717, 1.165) is 18.7 Å². The molecular weight excluding hydrogens is 344 g/mol. The number of hydrogen-bond donors (Lipinski definition) is 0. The highest BCUT2D eigenvalue weighted by Gasteiger charge is 2.36. The van der Waals surface area contributed by atoms with Gasteiger partial charge in [0.1, 0.15) is 6.04 Å². The molecule has 1 aromatic heterocycles. The second kappa shape index (κ2) is 7.11. The minimum Gasteiger partial charge on any atom is -0.333 e. The number of rotatable bonds is 2. The second-order valence-electron chi connectivity index (χ2n) is 7.15. The van der Waals surface area contributed by atoms with Crippen molar-refractivity contribution in [2.24, 2.45) is 0 Å². The maximum Gasteiger partial charge on any atom is 0.291 e. The molecule has 8 nitrogen and oxygen atoms in total. The molecule has 3 heterocycles. The number of benzene rings is 1. The lowest BCUT2D eigenvalue weighted by Gasteiger charge is -2.36. The highest BCUT2D eigenvalue weighted by Crippen LogP contribution is 2.31. The van der Waals surface area contributed by atoms with Gasteiger partial charge in [0.05, 0.1) is 0 Å². The molecule has 1 fully saturated rings. The van der Waals surface area contributed by atoms with E-state index in [1.165, 1.54) is 0 Å². The third-order valence-corrected chi connectivity index (χ3v) is 5.40. The van der Waals surface area contributed by atoms with Crippen molar-refractivity contribution in [2.45, 2.75) is 19.5 Å². The lowest BCUT2D eigenvalue weighted by Crippen LogP contribution is -2.48. The summed E-state index contributed by atoms with van der Waals surface area (Å²) in [6, 6.07) is 9.47. The fourth-order valence-electron chi connectivity index (χ4n) is 3.83. The summed E-state index contributed by atoms with van der Waals surface area (Å²) < 4.78 is 1.89. The molecule has 142 valence electrons. The largest absolute Gasteiger partial charge is 0.333 e. The quantitative estimate of drug-likeness (QED) is 0.777. The summed E-state index contributed by atoms with van der Waals surface area (Å²) in [5.41, 5.74) is 0.972. The molecule has 2 amide bonds. The van der Waals surface area contributed by atoms with Crippen molar-refractivity contribution in [3.05, 3.63) is 47.5 Å². The average molecular weight is 368 g/mol. The zero-order valence-corrected chi connectivity index (χ0v) is 15.7. The first-order valence-electron chi connectivity index (χ1n) is 9.29. The summed E-state index contributed by atoms with van der Waals surface area (Å²) in [7, 11) is 2.06. The van der Waals surface area contributed by atoms with Crippen LogP contribution < -0.4 is 0 Å². The van der Waals surface area contributed by atoms with Gasteiger partial charge in [0.15, 0.2) is 5.82 Å². The SMILES string of the molecule is CC(=O)N1CCn2c(C(=O)N3CCN(C)CC3)nnc2[C@@H]1c1ccccc1. The van der Waals surface area contributed by atoms with Crippen LogP contribution in [0.15, 0.2) is 30.3 Å². The molecule has 2 aliphatic heterocycles. The molecular formula is C19H24N6O2. The molecule has 8 heteroatoms. The van der Waals surface area contributed by atoms with Crippen LogP contribution in [-0.2, 0) is 11.3 Å². The summed E-state index contributed by atoms with van der Waals surface area (Å²) in [6.07, 6.45) is 0. The molecule has 1 aromatic carbocycles. The maximum absolute atomic E-state index is 13.0. The Morgan fingerprint density at radius 2 is 1.67 bits per heavy atom. The van der Waals surface area contributed by atoms with Gasteiger partial charge in [-0.1, -0.05) is 30.3 Å². The predicted octanol–water partition coefficient (Wildman–Crippen LogP) is 0.617. The molecule has 0 unspecified atom stereocenters. The fourth-order valence-corrected chi connectivity index (χ4v) is 3.83. The van der Waals surface area contributed by atoms with E-state index in [1.807, 2.05) is 39.8 Å².